The van der Waals surface area contributed by atoms with Gasteiger partial charge in [-0.1, -0.05) is 13.3 Å². The van der Waals surface area contributed by atoms with Crippen molar-refractivity contribution >= 4 is 28.9 Å². The highest BCUT2D eigenvalue weighted by Gasteiger charge is 2.37. The van der Waals surface area contributed by atoms with Crippen molar-refractivity contribution < 1.29 is 9.59 Å². The van der Waals surface area contributed by atoms with Gasteiger partial charge in [-0.15, -0.1) is 0 Å². The fourth-order valence-electron chi connectivity index (χ4n) is 3.55. The summed E-state index contributed by atoms with van der Waals surface area (Å²) >= 11 is 0. The number of carbonyl (C=O) groups excluding carboxylic acids is 2. The van der Waals surface area contributed by atoms with Gasteiger partial charge in [0.25, 0.3) is 0 Å². The first kappa shape index (κ1) is 17.6. The summed E-state index contributed by atoms with van der Waals surface area (Å²) in [4.78, 5) is 31.9. The molecule has 1 aliphatic heterocycles. The summed E-state index contributed by atoms with van der Waals surface area (Å²) in [5.74, 6) is -0.257. The molecule has 1 atom stereocenters. The Morgan fingerprint density at radius 3 is 2.84 bits per heavy atom. The van der Waals surface area contributed by atoms with Crippen LogP contribution >= 0.6 is 0 Å². The maximum Gasteiger partial charge on any atom is 0.240 e. The van der Waals surface area contributed by atoms with E-state index in [1.54, 1.807) is 4.90 Å². The van der Waals surface area contributed by atoms with Crippen LogP contribution in [0.4, 0.5) is 11.4 Å². The van der Waals surface area contributed by atoms with Gasteiger partial charge in [0.05, 0.1) is 17.3 Å². The average molecular weight is 341 g/mol. The van der Waals surface area contributed by atoms with Crippen molar-refractivity contribution in [3.63, 3.8) is 0 Å². The van der Waals surface area contributed by atoms with E-state index in [4.69, 9.17) is 4.99 Å². The number of anilines is 1. The predicted octanol–water partition coefficient (Wildman–Crippen LogP) is 3.44. The minimum absolute atomic E-state index is 0.0175. The van der Waals surface area contributed by atoms with E-state index in [1.807, 2.05) is 19.1 Å². The third kappa shape index (κ3) is 3.60. The van der Waals surface area contributed by atoms with Crippen molar-refractivity contribution in [3.8, 4) is 0 Å². The standard InChI is InChI=1S/C20H27N3O2/c1-4-5-9-21-19(24)12-23-18-11-14(3)13(2)10-17(18)22-16-8-6-7-15(16)20(23)25/h10-11,15H,4-9,12H2,1-3H3,(H,21,24). The number of aliphatic imine (C=N–C) groups is 1. The number of benzene rings is 1. The topological polar surface area (TPSA) is 61.8 Å². The summed E-state index contributed by atoms with van der Waals surface area (Å²) in [7, 11) is 0. The number of unbranched alkanes of at least 4 members (excludes halogenated alkanes) is 1. The van der Waals surface area contributed by atoms with Crippen molar-refractivity contribution in [2.45, 2.75) is 52.9 Å². The maximum absolute atomic E-state index is 13.1. The monoisotopic (exact) mass is 341 g/mol. The van der Waals surface area contributed by atoms with Crippen molar-refractivity contribution in [2.75, 3.05) is 18.0 Å². The van der Waals surface area contributed by atoms with E-state index in [2.05, 4.69) is 19.2 Å². The molecule has 1 aromatic carbocycles. The van der Waals surface area contributed by atoms with Crippen molar-refractivity contribution in [3.05, 3.63) is 23.3 Å². The number of fused-ring (bicyclic) bond motifs is 2. The molecule has 0 saturated heterocycles. The van der Waals surface area contributed by atoms with Gasteiger partial charge in [-0.25, -0.2) is 0 Å². The number of amides is 2. The van der Waals surface area contributed by atoms with E-state index in [9.17, 15) is 9.59 Å². The van der Waals surface area contributed by atoms with Crippen LogP contribution in [0.3, 0.4) is 0 Å². The molecule has 1 aromatic rings. The minimum atomic E-state index is -0.170. The van der Waals surface area contributed by atoms with E-state index in [0.29, 0.717) is 6.54 Å². The van der Waals surface area contributed by atoms with Gasteiger partial charge >= 0.3 is 0 Å². The van der Waals surface area contributed by atoms with Crippen molar-refractivity contribution in [1.82, 2.24) is 5.32 Å². The van der Waals surface area contributed by atoms with Gasteiger partial charge in [0, 0.05) is 12.3 Å². The zero-order valence-corrected chi connectivity index (χ0v) is 15.4. The SMILES string of the molecule is CCCCNC(=O)CN1C(=O)C2CCCC2=Nc2cc(C)c(C)cc21. The lowest BCUT2D eigenvalue weighted by Gasteiger charge is -2.25. The quantitative estimate of drug-likeness (QED) is 0.834. The Hall–Kier alpha value is -2.17. The Kier molecular flexibility index (Phi) is 5.21. The van der Waals surface area contributed by atoms with E-state index < -0.39 is 0 Å². The minimum Gasteiger partial charge on any atom is -0.355 e. The molecule has 25 heavy (non-hydrogen) atoms. The fraction of sp³-hybridized carbons (Fsp3) is 0.550. The number of nitrogens with one attached hydrogen (secondary N) is 1. The van der Waals surface area contributed by atoms with Gasteiger partial charge < -0.3 is 10.2 Å². The Morgan fingerprint density at radius 2 is 2.08 bits per heavy atom. The van der Waals surface area contributed by atoms with E-state index >= 15 is 0 Å². The number of carbonyl (C=O) groups is 2. The molecule has 2 aliphatic rings. The molecule has 0 bridgehead atoms. The van der Waals surface area contributed by atoms with Crippen LogP contribution in [0.25, 0.3) is 0 Å². The van der Waals surface area contributed by atoms with Gasteiger partial charge in [-0.2, -0.15) is 0 Å². The summed E-state index contributed by atoms with van der Waals surface area (Å²) < 4.78 is 0. The smallest absolute Gasteiger partial charge is 0.240 e. The zero-order valence-electron chi connectivity index (χ0n) is 15.4. The zero-order chi connectivity index (χ0) is 18.0. The van der Waals surface area contributed by atoms with Crippen LogP contribution in [0.2, 0.25) is 0 Å². The molecule has 3 rings (SSSR count). The normalized spacial score (nSPS) is 19.2. The number of hydrogen-bond acceptors (Lipinski definition) is 3. The Labute approximate surface area is 149 Å². The molecule has 2 amide bonds. The second-order valence-corrected chi connectivity index (χ2v) is 7.10. The molecule has 0 aromatic heterocycles. The largest absolute Gasteiger partial charge is 0.355 e. The van der Waals surface area contributed by atoms with Gasteiger partial charge in [-0.05, 0) is 62.8 Å². The van der Waals surface area contributed by atoms with E-state index in [1.165, 1.54) is 0 Å². The van der Waals surface area contributed by atoms with Crippen molar-refractivity contribution in [1.29, 1.82) is 0 Å². The van der Waals surface area contributed by atoms with Crippen LogP contribution < -0.4 is 10.2 Å². The Balaban J connectivity index is 1.93. The summed E-state index contributed by atoms with van der Waals surface area (Å²) in [6, 6.07) is 4.03. The number of nitrogens with zero attached hydrogens (tertiary/aromatic N) is 2. The fourth-order valence-corrected chi connectivity index (χ4v) is 3.55. The van der Waals surface area contributed by atoms with Crippen LogP contribution in [0.5, 0.6) is 0 Å². The maximum atomic E-state index is 13.1. The third-order valence-electron chi connectivity index (χ3n) is 5.19. The van der Waals surface area contributed by atoms with Crippen molar-refractivity contribution in [2.24, 2.45) is 10.9 Å². The molecule has 1 saturated carbocycles. The molecule has 134 valence electrons. The van der Waals surface area contributed by atoms with Crippen LogP contribution in [0.15, 0.2) is 17.1 Å². The van der Waals surface area contributed by atoms with Crippen LogP contribution in [0.1, 0.15) is 50.2 Å². The molecule has 1 unspecified atom stereocenters. The molecular formula is C20H27N3O2. The lowest BCUT2D eigenvalue weighted by atomic mass is 10.0. The van der Waals surface area contributed by atoms with Crippen LogP contribution in [0, 0.1) is 19.8 Å². The van der Waals surface area contributed by atoms with Gasteiger partial charge in [0.15, 0.2) is 0 Å². The number of hydrogen-bond donors (Lipinski definition) is 1. The lowest BCUT2D eigenvalue weighted by molar-refractivity contribution is -0.124. The molecule has 5 heteroatoms. The second-order valence-electron chi connectivity index (χ2n) is 7.10. The molecule has 1 fully saturated rings. The summed E-state index contributed by atoms with van der Waals surface area (Å²) in [5.41, 5.74) is 4.82. The summed E-state index contributed by atoms with van der Waals surface area (Å²) in [5, 5.41) is 2.92. The molecule has 0 spiro atoms. The highest BCUT2D eigenvalue weighted by Crippen LogP contribution is 2.39. The summed E-state index contributed by atoms with van der Waals surface area (Å²) in [6.45, 7) is 6.89. The Bertz CT molecular complexity index is 724. The molecule has 1 aliphatic carbocycles. The molecule has 0 radical (unpaired) electrons. The van der Waals surface area contributed by atoms with E-state index in [-0.39, 0.29) is 24.3 Å². The summed E-state index contributed by atoms with van der Waals surface area (Å²) in [6.07, 6.45) is 4.68. The predicted molar refractivity (Wildman–Crippen MR) is 101 cm³/mol. The highest BCUT2D eigenvalue weighted by molar-refractivity contribution is 6.16. The first-order chi connectivity index (χ1) is 12.0. The first-order valence-electron chi connectivity index (χ1n) is 9.28. The third-order valence-corrected chi connectivity index (χ3v) is 5.19. The van der Waals surface area contributed by atoms with Gasteiger partial charge in [0.1, 0.15) is 6.54 Å². The van der Waals surface area contributed by atoms with Gasteiger partial charge in [-0.3, -0.25) is 14.6 Å². The second kappa shape index (κ2) is 7.38. The molecule has 1 heterocycles. The molecule has 5 nitrogen and oxygen atoms in total. The highest BCUT2D eigenvalue weighted by atomic mass is 16.2. The average Bonchev–Trinajstić information content (AvgIpc) is 3.00. The van der Waals surface area contributed by atoms with Gasteiger partial charge in [0.2, 0.25) is 11.8 Å². The lowest BCUT2D eigenvalue weighted by Crippen LogP contribution is -2.44. The number of aryl methyl sites for hydroxylation is 2. The molecule has 1 N–H and O–H groups in total. The van der Waals surface area contributed by atoms with Crippen LogP contribution in [-0.4, -0.2) is 30.6 Å². The van der Waals surface area contributed by atoms with Crippen LogP contribution in [-0.2, 0) is 9.59 Å². The molecular weight excluding hydrogens is 314 g/mol. The Morgan fingerprint density at radius 1 is 1.32 bits per heavy atom. The first-order valence-corrected chi connectivity index (χ1v) is 9.28. The number of rotatable bonds is 5. The van der Waals surface area contributed by atoms with E-state index in [0.717, 1.165) is 60.3 Å².